The van der Waals surface area contributed by atoms with E-state index in [0.29, 0.717) is 11.3 Å². The Balaban J connectivity index is 2.45. The van der Waals surface area contributed by atoms with E-state index in [4.69, 9.17) is 0 Å². The van der Waals surface area contributed by atoms with Gasteiger partial charge in [-0.3, -0.25) is 9.78 Å². The fraction of sp³-hybridized carbons (Fsp3) is 0.154. The molecule has 0 spiro atoms. The number of carbonyl (C=O) groups is 2. The lowest BCUT2D eigenvalue weighted by Crippen LogP contribution is -2.15. The van der Waals surface area contributed by atoms with Crippen LogP contribution < -0.4 is 5.32 Å². The third-order valence-corrected chi connectivity index (χ3v) is 2.57. The molecule has 0 saturated heterocycles. The molecule has 1 amide bonds. The summed E-state index contributed by atoms with van der Waals surface area (Å²) in [6, 6.07) is 3.56. The fourth-order valence-corrected chi connectivity index (χ4v) is 1.75. The second-order valence-corrected chi connectivity index (χ2v) is 3.79. The molecule has 2 heterocycles. The van der Waals surface area contributed by atoms with Gasteiger partial charge >= 0.3 is 5.97 Å². The third-order valence-electron chi connectivity index (χ3n) is 2.57. The molecule has 5 nitrogen and oxygen atoms in total. The Morgan fingerprint density at radius 1 is 1.50 bits per heavy atom. The number of rotatable bonds is 2. The molecule has 1 aliphatic rings. The maximum Gasteiger partial charge on any atom is 0.340 e. The van der Waals surface area contributed by atoms with Crippen molar-refractivity contribution in [1.82, 2.24) is 10.3 Å². The van der Waals surface area contributed by atoms with Gasteiger partial charge in [-0.1, -0.05) is 6.07 Å². The zero-order chi connectivity index (χ0) is 13.1. The number of nitrogens with zero attached hydrogens (tertiary/aromatic N) is 1. The Bertz CT molecular complexity index is 559. The largest absolute Gasteiger partial charge is 0.465 e. The summed E-state index contributed by atoms with van der Waals surface area (Å²) in [5, 5.41) is 2.60. The highest BCUT2D eigenvalue weighted by molar-refractivity contribution is 6.16. The number of methoxy groups -OCH3 is 1. The Hall–Kier alpha value is -2.43. The van der Waals surface area contributed by atoms with E-state index in [1.807, 2.05) is 0 Å². The van der Waals surface area contributed by atoms with Crippen molar-refractivity contribution in [2.45, 2.75) is 6.92 Å². The molecule has 92 valence electrons. The first-order valence-electron chi connectivity index (χ1n) is 5.36. The van der Waals surface area contributed by atoms with E-state index in [1.54, 1.807) is 37.5 Å². The van der Waals surface area contributed by atoms with E-state index in [9.17, 15) is 9.59 Å². The van der Waals surface area contributed by atoms with Crippen LogP contribution in [0.3, 0.4) is 0 Å². The third kappa shape index (κ3) is 2.15. The number of esters is 1. The molecule has 0 aromatic carbocycles. The molecule has 1 aliphatic heterocycles. The van der Waals surface area contributed by atoms with Crippen LogP contribution in [-0.4, -0.2) is 24.0 Å². The molecule has 5 heteroatoms. The average Bonchev–Trinajstić information content (AvgIpc) is 2.65. The molecule has 0 fully saturated rings. The number of nitrogens with one attached hydrogen (secondary N) is 1. The molecule has 1 aromatic heterocycles. The lowest BCUT2D eigenvalue weighted by Gasteiger charge is -2.02. The number of aromatic nitrogens is 1. The van der Waals surface area contributed by atoms with E-state index in [-0.39, 0.29) is 11.5 Å². The fourth-order valence-electron chi connectivity index (χ4n) is 1.75. The number of allylic oxidation sites excluding steroid dienone is 1. The molecular formula is C13H12N2O3. The van der Waals surface area contributed by atoms with Gasteiger partial charge in [-0.15, -0.1) is 0 Å². The summed E-state index contributed by atoms with van der Waals surface area (Å²) in [5.41, 5.74) is 1.82. The van der Waals surface area contributed by atoms with Crippen molar-refractivity contribution in [1.29, 1.82) is 0 Å². The van der Waals surface area contributed by atoms with Crippen LogP contribution in [0.1, 0.15) is 12.5 Å². The second-order valence-electron chi connectivity index (χ2n) is 3.79. The number of carbonyl (C=O) groups excluding carboxylic acids is 2. The van der Waals surface area contributed by atoms with Crippen molar-refractivity contribution in [3.8, 4) is 0 Å². The molecule has 0 atom stereocenters. The van der Waals surface area contributed by atoms with Gasteiger partial charge in [0.25, 0.3) is 5.91 Å². The number of ether oxygens (including phenoxy) is 1. The standard InChI is InChI=1S/C13H12N2O3/c1-8-11(13(17)18-2)10(12(16)15-8)6-9-4-3-5-14-7-9/h3-7H,1-2H3,(H,15,16). The van der Waals surface area contributed by atoms with Gasteiger partial charge in [0, 0.05) is 18.1 Å². The minimum atomic E-state index is -0.527. The minimum Gasteiger partial charge on any atom is -0.465 e. The van der Waals surface area contributed by atoms with Gasteiger partial charge in [0.05, 0.1) is 18.3 Å². The monoisotopic (exact) mass is 244 g/mol. The van der Waals surface area contributed by atoms with Gasteiger partial charge in [-0.2, -0.15) is 0 Å². The highest BCUT2D eigenvalue weighted by atomic mass is 16.5. The van der Waals surface area contributed by atoms with Crippen LogP contribution in [0.4, 0.5) is 0 Å². The lowest BCUT2D eigenvalue weighted by atomic mass is 10.0. The normalized spacial score (nSPS) is 17.0. The maximum absolute atomic E-state index is 11.8. The topological polar surface area (TPSA) is 68.3 Å². The molecule has 0 bridgehead atoms. The van der Waals surface area contributed by atoms with E-state index >= 15 is 0 Å². The highest BCUT2D eigenvalue weighted by Gasteiger charge is 2.30. The smallest absolute Gasteiger partial charge is 0.340 e. The number of hydrogen-bond donors (Lipinski definition) is 1. The molecule has 0 radical (unpaired) electrons. The van der Waals surface area contributed by atoms with Crippen LogP contribution in [0.5, 0.6) is 0 Å². The Labute approximate surface area is 104 Å². The summed E-state index contributed by atoms with van der Waals surface area (Å²) in [6.45, 7) is 1.66. The average molecular weight is 244 g/mol. The number of hydrogen-bond acceptors (Lipinski definition) is 4. The minimum absolute atomic E-state index is 0.270. The van der Waals surface area contributed by atoms with Gasteiger partial charge in [-0.25, -0.2) is 4.79 Å². The van der Waals surface area contributed by atoms with Gasteiger partial charge in [0.1, 0.15) is 0 Å². The van der Waals surface area contributed by atoms with Gasteiger partial charge < -0.3 is 10.1 Å². The van der Waals surface area contributed by atoms with Crippen LogP contribution in [-0.2, 0) is 14.3 Å². The van der Waals surface area contributed by atoms with Crippen LogP contribution in [0.2, 0.25) is 0 Å². The van der Waals surface area contributed by atoms with Crippen LogP contribution in [0.25, 0.3) is 6.08 Å². The van der Waals surface area contributed by atoms with Crippen molar-refractivity contribution in [2.75, 3.05) is 7.11 Å². The molecule has 1 N–H and O–H groups in total. The van der Waals surface area contributed by atoms with Crippen molar-refractivity contribution in [2.24, 2.45) is 0 Å². The Kier molecular flexibility index (Phi) is 3.23. The SMILES string of the molecule is COC(=O)C1=C(C)NC(=O)C1=Cc1cccnc1. The van der Waals surface area contributed by atoms with Crippen LogP contribution in [0.15, 0.2) is 41.4 Å². The zero-order valence-electron chi connectivity index (χ0n) is 10.1. The Morgan fingerprint density at radius 2 is 2.28 bits per heavy atom. The molecule has 18 heavy (non-hydrogen) atoms. The molecule has 1 aromatic rings. The van der Waals surface area contributed by atoms with E-state index in [1.165, 1.54) is 7.11 Å². The van der Waals surface area contributed by atoms with Gasteiger partial charge in [0.15, 0.2) is 0 Å². The van der Waals surface area contributed by atoms with E-state index in [0.717, 1.165) is 5.56 Å². The second kappa shape index (κ2) is 4.83. The maximum atomic E-state index is 11.8. The van der Waals surface area contributed by atoms with Crippen LogP contribution >= 0.6 is 0 Å². The molecule has 0 saturated carbocycles. The summed E-state index contributed by atoms with van der Waals surface area (Å²) >= 11 is 0. The first-order valence-corrected chi connectivity index (χ1v) is 5.36. The molecule has 2 rings (SSSR count). The summed E-state index contributed by atoms with van der Waals surface area (Å²) in [6.07, 6.45) is 4.87. The summed E-state index contributed by atoms with van der Waals surface area (Å²) in [4.78, 5) is 27.4. The van der Waals surface area contributed by atoms with E-state index in [2.05, 4.69) is 15.0 Å². The molecule has 0 unspecified atom stereocenters. The van der Waals surface area contributed by atoms with Crippen molar-refractivity contribution in [3.05, 3.63) is 46.9 Å². The summed E-state index contributed by atoms with van der Waals surface area (Å²) in [7, 11) is 1.28. The first kappa shape index (κ1) is 12.0. The summed E-state index contributed by atoms with van der Waals surface area (Å²) in [5.74, 6) is -0.835. The Morgan fingerprint density at radius 3 is 2.89 bits per heavy atom. The van der Waals surface area contributed by atoms with Crippen molar-refractivity contribution >= 4 is 18.0 Å². The predicted molar refractivity (Wildman–Crippen MR) is 65.1 cm³/mol. The summed E-state index contributed by atoms with van der Waals surface area (Å²) < 4.78 is 4.68. The zero-order valence-corrected chi connectivity index (χ0v) is 10.1. The first-order chi connectivity index (χ1) is 8.63. The molecule has 0 aliphatic carbocycles. The van der Waals surface area contributed by atoms with E-state index < -0.39 is 5.97 Å². The quantitative estimate of drug-likeness (QED) is 0.623. The number of pyridine rings is 1. The highest BCUT2D eigenvalue weighted by Crippen LogP contribution is 2.24. The molecular weight excluding hydrogens is 232 g/mol. The lowest BCUT2D eigenvalue weighted by molar-refractivity contribution is -0.136. The van der Waals surface area contributed by atoms with Gasteiger partial charge in [0.2, 0.25) is 0 Å². The number of amides is 1. The van der Waals surface area contributed by atoms with Crippen molar-refractivity contribution < 1.29 is 14.3 Å². The predicted octanol–water partition coefficient (Wildman–Crippen LogP) is 1.04. The van der Waals surface area contributed by atoms with Crippen LogP contribution in [0, 0.1) is 0 Å². The van der Waals surface area contributed by atoms with Crippen molar-refractivity contribution in [3.63, 3.8) is 0 Å². The van der Waals surface area contributed by atoms with Gasteiger partial charge in [-0.05, 0) is 24.6 Å².